The van der Waals surface area contributed by atoms with E-state index in [4.69, 9.17) is 4.74 Å². The Hall–Kier alpha value is -1.65. The maximum Gasteiger partial charge on any atom is 0.287 e. The summed E-state index contributed by atoms with van der Waals surface area (Å²) in [4.78, 5) is 10.4. The average molecular weight is 356 g/mol. The minimum absolute atomic E-state index is 0.0420. The van der Waals surface area contributed by atoms with E-state index in [1.165, 1.54) is 6.07 Å². The zero-order chi connectivity index (χ0) is 15.9. The molecule has 0 aromatic heterocycles. The first kappa shape index (κ1) is 17.4. The highest BCUT2D eigenvalue weighted by molar-refractivity contribution is 9.10. The van der Waals surface area contributed by atoms with E-state index < -0.39 is 10.5 Å². The van der Waals surface area contributed by atoms with Crippen LogP contribution in [0.2, 0.25) is 0 Å². The largest absolute Gasteiger partial charge is 0.492 e. The first-order valence-corrected chi connectivity index (χ1v) is 7.45. The van der Waals surface area contributed by atoms with Crippen molar-refractivity contribution in [2.75, 3.05) is 13.2 Å². The maximum absolute atomic E-state index is 10.8. The number of hydrogen-bond donors (Lipinski definition) is 1. The molecule has 114 valence electrons. The molecule has 0 aliphatic heterocycles. The minimum atomic E-state index is -0.663. The smallest absolute Gasteiger partial charge is 0.287 e. The molecule has 1 aromatic carbocycles. The maximum atomic E-state index is 10.8. The number of nitrogens with zero attached hydrogens (tertiary/aromatic N) is 2. The summed E-state index contributed by atoms with van der Waals surface area (Å²) in [5.74, 6) is 0.403. The number of nitrogens with one attached hydrogen (secondary N) is 1. The molecule has 0 saturated carbocycles. The van der Waals surface area contributed by atoms with Crippen LogP contribution in [-0.4, -0.2) is 23.6 Å². The Bertz CT molecular complexity index is 545. The van der Waals surface area contributed by atoms with Crippen LogP contribution >= 0.6 is 15.9 Å². The molecule has 21 heavy (non-hydrogen) atoms. The van der Waals surface area contributed by atoms with Gasteiger partial charge >= 0.3 is 0 Å². The monoisotopic (exact) mass is 355 g/mol. The number of rotatable bonds is 8. The molecule has 1 atom stereocenters. The number of nitro groups is 1. The fourth-order valence-corrected chi connectivity index (χ4v) is 2.23. The molecule has 0 amide bonds. The number of nitro benzene ring substituents is 1. The third kappa shape index (κ3) is 4.99. The van der Waals surface area contributed by atoms with Crippen LogP contribution in [0.4, 0.5) is 5.69 Å². The van der Waals surface area contributed by atoms with E-state index in [2.05, 4.69) is 27.3 Å². The Kier molecular flexibility index (Phi) is 6.59. The van der Waals surface area contributed by atoms with Crippen molar-refractivity contribution in [3.63, 3.8) is 0 Å². The minimum Gasteiger partial charge on any atom is -0.492 e. The van der Waals surface area contributed by atoms with Gasteiger partial charge in [0.15, 0.2) is 0 Å². The molecule has 1 rings (SSSR count). The Morgan fingerprint density at radius 3 is 2.86 bits per heavy atom. The van der Waals surface area contributed by atoms with Crippen LogP contribution in [0, 0.1) is 21.4 Å². The van der Waals surface area contributed by atoms with Gasteiger partial charge in [-0.2, -0.15) is 5.26 Å². The molecule has 1 aromatic rings. The quantitative estimate of drug-likeness (QED) is 0.570. The van der Waals surface area contributed by atoms with Crippen LogP contribution in [0.1, 0.15) is 26.7 Å². The van der Waals surface area contributed by atoms with Crippen molar-refractivity contribution in [3.05, 3.63) is 32.8 Å². The van der Waals surface area contributed by atoms with Crippen LogP contribution < -0.4 is 10.1 Å². The molecule has 1 unspecified atom stereocenters. The number of ether oxygens (including phenoxy) is 1. The third-order valence-corrected chi connectivity index (χ3v) is 3.81. The van der Waals surface area contributed by atoms with Gasteiger partial charge in [0.25, 0.3) is 5.69 Å². The van der Waals surface area contributed by atoms with Gasteiger partial charge in [0.2, 0.25) is 0 Å². The van der Waals surface area contributed by atoms with E-state index in [1.807, 2.05) is 13.8 Å². The third-order valence-electron chi connectivity index (χ3n) is 3.01. The van der Waals surface area contributed by atoms with Gasteiger partial charge < -0.3 is 4.74 Å². The average Bonchev–Trinajstić information content (AvgIpc) is 2.46. The van der Waals surface area contributed by atoms with Crippen molar-refractivity contribution in [2.45, 2.75) is 32.2 Å². The highest BCUT2D eigenvalue weighted by Crippen LogP contribution is 2.33. The van der Waals surface area contributed by atoms with Gasteiger partial charge in [0.1, 0.15) is 15.8 Å². The molecule has 7 heteroatoms. The summed E-state index contributed by atoms with van der Waals surface area (Å²) in [7, 11) is 0. The zero-order valence-corrected chi connectivity index (χ0v) is 13.6. The first-order chi connectivity index (χ1) is 9.93. The molecule has 0 radical (unpaired) electrons. The molecule has 0 saturated heterocycles. The van der Waals surface area contributed by atoms with Gasteiger partial charge in [-0.1, -0.05) is 13.0 Å². The summed E-state index contributed by atoms with van der Waals surface area (Å²) in [6.45, 7) is 4.89. The molecule has 0 aliphatic rings. The van der Waals surface area contributed by atoms with E-state index >= 15 is 0 Å². The van der Waals surface area contributed by atoms with Crippen LogP contribution in [0.3, 0.4) is 0 Å². The topological polar surface area (TPSA) is 88.2 Å². The molecule has 1 N–H and O–H groups in total. The number of hydrogen-bond acceptors (Lipinski definition) is 5. The molecule has 0 fully saturated rings. The molecular formula is C14H18BrN3O3. The summed E-state index contributed by atoms with van der Waals surface area (Å²) in [5.41, 5.74) is -0.705. The molecule has 0 spiro atoms. The molecular weight excluding hydrogens is 338 g/mol. The normalized spacial score (nSPS) is 13.2. The van der Waals surface area contributed by atoms with Gasteiger partial charge in [-0.05, 0) is 41.9 Å². The molecule has 0 heterocycles. The van der Waals surface area contributed by atoms with E-state index in [0.717, 1.165) is 13.0 Å². The highest BCUT2D eigenvalue weighted by Gasteiger charge is 2.23. The number of nitriles is 1. The van der Waals surface area contributed by atoms with Crippen LogP contribution in [0.5, 0.6) is 5.75 Å². The van der Waals surface area contributed by atoms with Crippen LogP contribution in [-0.2, 0) is 0 Å². The summed E-state index contributed by atoms with van der Waals surface area (Å²) >= 11 is 3.17. The fourth-order valence-electron chi connectivity index (χ4n) is 1.70. The fraction of sp³-hybridized carbons (Fsp3) is 0.500. The van der Waals surface area contributed by atoms with Crippen molar-refractivity contribution >= 4 is 21.6 Å². The predicted octanol–water partition coefficient (Wildman–Crippen LogP) is 3.41. The Morgan fingerprint density at radius 1 is 1.57 bits per heavy atom. The van der Waals surface area contributed by atoms with Crippen molar-refractivity contribution in [3.8, 4) is 11.8 Å². The van der Waals surface area contributed by atoms with Gasteiger partial charge in [0.05, 0.1) is 17.6 Å². The van der Waals surface area contributed by atoms with Gasteiger partial charge in [-0.3, -0.25) is 15.4 Å². The van der Waals surface area contributed by atoms with Crippen molar-refractivity contribution < 1.29 is 9.66 Å². The number of halogens is 1. The lowest BCUT2D eigenvalue weighted by Crippen LogP contribution is -2.42. The first-order valence-electron chi connectivity index (χ1n) is 6.65. The summed E-state index contributed by atoms with van der Waals surface area (Å²) in [6, 6.07) is 6.85. The lowest BCUT2D eigenvalue weighted by molar-refractivity contribution is -0.385. The van der Waals surface area contributed by atoms with Crippen LogP contribution in [0.15, 0.2) is 22.7 Å². The van der Waals surface area contributed by atoms with E-state index in [0.29, 0.717) is 23.2 Å². The highest BCUT2D eigenvalue weighted by atomic mass is 79.9. The Balaban J connectivity index is 2.66. The van der Waals surface area contributed by atoms with Gasteiger partial charge in [0, 0.05) is 12.5 Å². The van der Waals surface area contributed by atoms with Gasteiger partial charge in [-0.15, -0.1) is 0 Å². The lowest BCUT2D eigenvalue weighted by atomic mass is 10.0. The van der Waals surface area contributed by atoms with E-state index in [9.17, 15) is 15.4 Å². The predicted molar refractivity (Wildman–Crippen MR) is 83.2 cm³/mol. The van der Waals surface area contributed by atoms with Crippen molar-refractivity contribution in [1.82, 2.24) is 5.32 Å². The number of benzene rings is 1. The molecule has 0 aliphatic carbocycles. The Labute approximate surface area is 132 Å². The summed E-state index contributed by atoms with van der Waals surface area (Å²) < 4.78 is 5.88. The SMILES string of the molecule is CCCNC(C)(C#N)CCOc1cccc([N+](=O)[O-])c1Br. The Morgan fingerprint density at radius 2 is 2.29 bits per heavy atom. The van der Waals surface area contributed by atoms with Crippen LogP contribution in [0.25, 0.3) is 0 Å². The zero-order valence-electron chi connectivity index (χ0n) is 12.1. The standard InChI is InChI=1S/C14H18BrN3O3/c1-3-8-17-14(2,10-16)7-9-21-12-6-4-5-11(13(12)15)18(19)20/h4-6,17H,3,7-9H2,1-2H3. The second-order valence-electron chi connectivity index (χ2n) is 4.82. The summed E-state index contributed by atoms with van der Waals surface area (Å²) in [5, 5.41) is 23.2. The molecule has 0 bridgehead atoms. The lowest BCUT2D eigenvalue weighted by Gasteiger charge is -2.23. The molecule has 6 nitrogen and oxygen atoms in total. The second-order valence-corrected chi connectivity index (χ2v) is 5.61. The van der Waals surface area contributed by atoms with Gasteiger partial charge in [-0.25, -0.2) is 0 Å². The van der Waals surface area contributed by atoms with Crippen molar-refractivity contribution in [2.24, 2.45) is 0 Å². The van der Waals surface area contributed by atoms with E-state index in [-0.39, 0.29) is 5.69 Å². The summed E-state index contributed by atoms with van der Waals surface area (Å²) in [6.07, 6.45) is 1.42. The van der Waals surface area contributed by atoms with E-state index in [1.54, 1.807) is 12.1 Å². The second kappa shape index (κ2) is 7.96. The van der Waals surface area contributed by atoms with Crippen molar-refractivity contribution in [1.29, 1.82) is 5.26 Å².